The first-order valence-corrected chi connectivity index (χ1v) is 6.90. The van der Waals surface area contributed by atoms with Gasteiger partial charge in [0, 0.05) is 12.1 Å². The normalized spacial score (nSPS) is 11.9. The third kappa shape index (κ3) is 3.33. The minimum Gasteiger partial charge on any atom is -0.394 e. The van der Waals surface area contributed by atoms with E-state index >= 15 is 0 Å². The Kier molecular flexibility index (Phi) is 5.36. The van der Waals surface area contributed by atoms with Gasteiger partial charge < -0.3 is 10.4 Å². The molecule has 0 saturated heterocycles. The van der Waals surface area contributed by atoms with Gasteiger partial charge in [0.05, 0.1) is 6.61 Å². The number of aliphatic hydroxyl groups excluding tert-OH is 1. The van der Waals surface area contributed by atoms with Crippen LogP contribution in [0.1, 0.15) is 48.9 Å². The van der Waals surface area contributed by atoms with Crippen LogP contribution in [-0.2, 0) is 6.54 Å². The number of hydrogen-bond acceptors (Lipinski definition) is 2. The topological polar surface area (TPSA) is 32.3 Å². The van der Waals surface area contributed by atoms with Crippen LogP contribution in [0, 0.1) is 20.8 Å². The second-order valence-corrected chi connectivity index (χ2v) is 5.36. The second-order valence-electron chi connectivity index (χ2n) is 5.36. The van der Waals surface area contributed by atoms with E-state index in [1.807, 2.05) is 0 Å². The molecule has 0 radical (unpaired) electrons. The number of benzene rings is 1. The highest BCUT2D eigenvalue weighted by Crippen LogP contribution is 2.19. The zero-order valence-electron chi connectivity index (χ0n) is 12.4. The molecule has 0 fully saturated rings. The molecule has 0 aliphatic rings. The lowest BCUT2D eigenvalue weighted by atomic mass is 9.93. The molecule has 0 aromatic heterocycles. The van der Waals surface area contributed by atoms with Crippen LogP contribution >= 0.6 is 0 Å². The molecule has 0 unspecified atom stereocenters. The summed E-state index contributed by atoms with van der Waals surface area (Å²) in [4.78, 5) is 0. The van der Waals surface area contributed by atoms with Gasteiger partial charge in [-0.15, -0.1) is 0 Å². The number of rotatable bonds is 6. The van der Waals surface area contributed by atoms with Gasteiger partial charge in [0.1, 0.15) is 0 Å². The van der Waals surface area contributed by atoms with Crippen molar-refractivity contribution in [2.24, 2.45) is 0 Å². The summed E-state index contributed by atoms with van der Waals surface area (Å²) in [6, 6.07) is 4.50. The molecule has 102 valence electrons. The summed E-state index contributed by atoms with van der Waals surface area (Å²) < 4.78 is 0. The highest BCUT2D eigenvalue weighted by Gasteiger charge is 2.24. The molecule has 0 aliphatic heterocycles. The zero-order chi connectivity index (χ0) is 13.8. The van der Waals surface area contributed by atoms with Crippen molar-refractivity contribution in [2.75, 3.05) is 6.61 Å². The first kappa shape index (κ1) is 15.2. The van der Waals surface area contributed by atoms with Gasteiger partial charge in [0.2, 0.25) is 0 Å². The van der Waals surface area contributed by atoms with E-state index in [2.05, 4.69) is 52.1 Å². The van der Waals surface area contributed by atoms with E-state index in [0.717, 1.165) is 19.4 Å². The molecule has 1 aromatic carbocycles. The van der Waals surface area contributed by atoms with Crippen molar-refractivity contribution in [3.63, 3.8) is 0 Å². The summed E-state index contributed by atoms with van der Waals surface area (Å²) in [6.45, 7) is 11.7. The van der Waals surface area contributed by atoms with E-state index in [0.29, 0.717) is 0 Å². The third-order valence-corrected chi connectivity index (χ3v) is 4.26. The van der Waals surface area contributed by atoms with Gasteiger partial charge in [-0.05, 0) is 55.9 Å². The van der Waals surface area contributed by atoms with Crippen LogP contribution < -0.4 is 5.32 Å². The average Bonchev–Trinajstić information content (AvgIpc) is 2.37. The number of aryl methyl sites for hydroxylation is 3. The quantitative estimate of drug-likeness (QED) is 0.811. The summed E-state index contributed by atoms with van der Waals surface area (Å²) in [7, 11) is 0. The standard InChI is InChI=1S/C16H27NO/c1-6-16(7-2,11-18)17-10-15-9-13(4)12(3)8-14(15)5/h8-9,17-18H,6-7,10-11H2,1-5H3. The van der Waals surface area contributed by atoms with Crippen LogP contribution in [0.3, 0.4) is 0 Å². The Hall–Kier alpha value is -0.860. The summed E-state index contributed by atoms with van der Waals surface area (Å²) >= 11 is 0. The smallest absolute Gasteiger partial charge is 0.0613 e. The molecule has 0 bridgehead atoms. The maximum absolute atomic E-state index is 9.56. The first-order valence-electron chi connectivity index (χ1n) is 6.90. The van der Waals surface area contributed by atoms with Gasteiger partial charge in [-0.25, -0.2) is 0 Å². The van der Waals surface area contributed by atoms with Crippen LogP contribution in [0.2, 0.25) is 0 Å². The van der Waals surface area contributed by atoms with Crippen molar-refractivity contribution in [1.29, 1.82) is 0 Å². The molecule has 2 heteroatoms. The largest absolute Gasteiger partial charge is 0.394 e. The lowest BCUT2D eigenvalue weighted by Crippen LogP contribution is -2.47. The first-order chi connectivity index (χ1) is 8.48. The number of hydrogen-bond donors (Lipinski definition) is 2. The van der Waals surface area contributed by atoms with E-state index in [4.69, 9.17) is 0 Å². The molecule has 0 atom stereocenters. The maximum atomic E-state index is 9.56. The molecule has 0 spiro atoms. The van der Waals surface area contributed by atoms with Crippen LogP contribution in [-0.4, -0.2) is 17.3 Å². The van der Waals surface area contributed by atoms with Crippen molar-refractivity contribution in [3.8, 4) is 0 Å². The van der Waals surface area contributed by atoms with Crippen molar-refractivity contribution >= 4 is 0 Å². The molecule has 18 heavy (non-hydrogen) atoms. The van der Waals surface area contributed by atoms with E-state index < -0.39 is 0 Å². The van der Waals surface area contributed by atoms with Crippen LogP contribution in [0.15, 0.2) is 12.1 Å². The maximum Gasteiger partial charge on any atom is 0.0613 e. The molecule has 0 saturated carbocycles. The summed E-state index contributed by atoms with van der Waals surface area (Å²) in [5.41, 5.74) is 5.20. The molecule has 2 nitrogen and oxygen atoms in total. The van der Waals surface area contributed by atoms with E-state index in [9.17, 15) is 5.11 Å². The molecule has 2 N–H and O–H groups in total. The number of nitrogens with one attached hydrogen (secondary N) is 1. The third-order valence-electron chi connectivity index (χ3n) is 4.26. The monoisotopic (exact) mass is 249 g/mol. The highest BCUT2D eigenvalue weighted by molar-refractivity contribution is 5.36. The Bertz CT molecular complexity index is 386. The van der Waals surface area contributed by atoms with Crippen molar-refractivity contribution in [2.45, 2.75) is 59.5 Å². The minimum atomic E-state index is -0.134. The minimum absolute atomic E-state index is 0.134. The Morgan fingerprint density at radius 2 is 1.56 bits per heavy atom. The van der Waals surface area contributed by atoms with Crippen molar-refractivity contribution in [1.82, 2.24) is 5.32 Å². The zero-order valence-corrected chi connectivity index (χ0v) is 12.4. The molecule has 0 aliphatic carbocycles. The molecule has 1 aromatic rings. The Labute approximate surface area is 111 Å². The van der Waals surface area contributed by atoms with Crippen LogP contribution in [0.4, 0.5) is 0 Å². The summed E-state index contributed by atoms with van der Waals surface area (Å²) in [5, 5.41) is 13.1. The van der Waals surface area contributed by atoms with Crippen LogP contribution in [0.25, 0.3) is 0 Å². The second kappa shape index (κ2) is 6.35. The lowest BCUT2D eigenvalue weighted by molar-refractivity contribution is 0.149. The Morgan fingerprint density at radius 1 is 1.00 bits per heavy atom. The molecular weight excluding hydrogens is 222 g/mol. The Balaban J connectivity index is 2.83. The van der Waals surface area contributed by atoms with Crippen LogP contribution in [0.5, 0.6) is 0 Å². The van der Waals surface area contributed by atoms with Crippen molar-refractivity contribution in [3.05, 3.63) is 34.4 Å². The van der Waals surface area contributed by atoms with Gasteiger partial charge in [-0.1, -0.05) is 26.0 Å². The fourth-order valence-electron chi connectivity index (χ4n) is 2.27. The number of aliphatic hydroxyl groups is 1. The molecule has 0 heterocycles. The molecular formula is C16H27NO. The van der Waals surface area contributed by atoms with Gasteiger partial charge in [-0.2, -0.15) is 0 Å². The fraction of sp³-hybridized carbons (Fsp3) is 0.625. The van der Waals surface area contributed by atoms with E-state index in [1.54, 1.807) is 0 Å². The SMILES string of the molecule is CCC(CC)(CO)NCc1cc(C)c(C)cc1C. The van der Waals surface area contributed by atoms with Crippen molar-refractivity contribution < 1.29 is 5.11 Å². The fourth-order valence-corrected chi connectivity index (χ4v) is 2.27. The highest BCUT2D eigenvalue weighted by atomic mass is 16.3. The molecule has 0 amide bonds. The van der Waals surface area contributed by atoms with Gasteiger partial charge in [0.25, 0.3) is 0 Å². The Morgan fingerprint density at radius 3 is 2.06 bits per heavy atom. The van der Waals surface area contributed by atoms with Gasteiger partial charge in [0.15, 0.2) is 0 Å². The summed E-state index contributed by atoms with van der Waals surface area (Å²) in [5.74, 6) is 0. The van der Waals surface area contributed by atoms with E-state index in [-0.39, 0.29) is 12.1 Å². The van der Waals surface area contributed by atoms with E-state index in [1.165, 1.54) is 22.3 Å². The summed E-state index contributed by atoms with van der Waals surface area (Å²) in [6.07, 6.45) is 1.90. The predicted molar refractivity (Wildman–Crippen MR) is 77.9 cm³/mol. The van der Waals surface area contributed by atoms with Gasteiger partial charge >= 0.3 is 0 Å². The molecule has 1 rings (SSSR count). The van der Waals surface area contributed by atoms with Gasteiger partial charge in [-0.3, -0.25) is 0 Å². The average molecular weight is 249 g/mol. The lowest BCUT2D eigenvalue weighted by Gasteiger charge is -2.31. The predicted octanol–water partition coefficient (Wildman–Crippen LogP) is 3.25.